The van der Waals surface area contributed by atoms with Gasteiger partial charge in [0.1, 0.15) is 0 Å². The molecule has 24 heavy (non-hydrogen) atoms. The van der Waals surface area contributed by atoms with E-state index in [9.17, 15) is 4.79 Å². The number of amides is 1. The molecule has 1 amide bonds. The zero-order valence-corrected chi connectivity index (χ0v) is 14.5. The van der Waals surface area contributed by atoms with Crippen LogP contribution in [0.25, 0.3) is 0 Å². The molecule has 4 nitrogen and oxygen atoms in total. The lowest BCUT2D eigenvalue weighted by Gasteiger charge is -2.31. The highest BCUT2D eigenvalue weighted by atomic mass is 35.5. The van der Waals surface area contributed by atoms with Crippen LogP contribution in [-0.4, -0.2) is 36.5 Å². The topological polar surface area (TPSA) is 44.4 Å². The minimum Gasteiger partial charge on any atom is -0.322 e. The number of rotatable bonds is 4. The normalized spacial score (nSPS) is 18.3. The molecular formula is C19H22ClN3O. The summed E-state index contributed by atoms with van der Waals surface area (Å²) in [7, 11) is 0. The van der Waals surface area contributed by atoms with Gasteiger partial charge in [-0.15, -0.1) is 0 Å². The summed E-state index contributed by atoms with van der Waals surface area (Å²) in [6.45, 7) is 6.19. The third-order valence-corrected chi connectivity index (χ3v) is 4.49. The Bertz CT molecular complexity index is 719. The molecular weight excluding hydrogens is 322 g/mol. The molecule has 1 fully saturated rings. The smallest absolute Gasteiger partial charge is 0.257 e. The summed E-state index contributed by atoms with van der Waals surface area (Å²) < 4.78 is 0. The van der Waals surface area contributed by atoms with Crippen LogP contribution in [-0.2, 0) is 6.54 Å². The summed E-state index contributed by atoms with van der Waals surface area (Å²) in [5.74, 6) is -0.187. The van der Waals surface area contributed by atoms with Gasteiger partial charge in [0.05, 0.1) is 10.6 Å². The van der Waals surface area contributed by atoms with Crippen LogP contribution in [0.15, 0.2) is 48.5 Å². The third-order valence-electron chi connectivity index (χ3n) is 4.16. The van der Waals surface area contributed by atoms with Crippen molar-refractivity contribution in [2.24, 2.45) is 0 Å². The first-order valence-electron chi connectivity index (χ1n) is 8.22. The molecule has 1 saturated heterocycles. The Labute approximate surface area is 147 Å². The zero-order valence-electron chi connectivity index (χ0n) is 13.8. The number of carbonyl (C=O) groups is 1. The van der Waals surface area contributed by atoms with E-state index in [-0.39, 0.29) is 5.91 Å². The second-order valence-electron chi connectivity index (χ2n) is 6.22. The predicted octanol–water partition coefficient (Wildman–Crippen LogP) is 3.39. The van der Waals surface area contributed by atoms with Crippen LogP contribution in [0.2, 0.25) is 5.02 Å². The number of piperazine rings is 1. The Morgan fingerprint density at radius 3 is 2.92 bits per heavy atom. The van der Waals surface area contributed by atoms with Crippen molar-refractivity contribution in [3.8, 4) is 0 Å². The van der Waals surface area contributed by atoms with E-state index in [1.165, 1.54) is 5.56 Å². The van der Waals surface area contributed by atoms with Gasteiger partial charge in [-0.3, -0.25) is 9.69 Å². The lowest BCUT2D eigenvalue weighted by molar-refractivity contribution is 0.102. The van der Waals surface area contributed by atoms with Crippen LogP contribution in [0.5, 0.6) is 0 Å². The van der Waals surface area contributed by atoms with E-state index < -0.39 is 0 Å². The van der Waals surface area contributed by atoms with Crippen molar-refractivity contribution >= 4 is 23.2 Å². The van der Waals surface area contributed by atoms with Crippen molar-refractivity contribution in [1.29, 1.82) is 0 Å². The van der Waals surface area contributed by atoms with Gasteiger partial charge in [-0.1, -0.05) is 35.9 Å². The van der Waals surface area contributed by atoms with Crippen LogP contribution in [0.1, 0.15) is 22.8 Å². The monoisotopic (exact) mass is 343 g/mol. The van der Waals surface area contributed by atoms with Crippen LogP contribution in [0, 0.1) is 0 Å². The number of halogens is 1. The molecule has 2 aromatic carbocycles. The Morgan fingerprint density at radius 2 is 2.12 bits per heavy atom. The highest BCUT2D eigenvalue weighted by Gasteiger charge is 2.16. The summed E-state index contributed by atoms with van der Waals surface area (Å²) in [6.07, 6.45) is 0. The zero-order chi connectivity index (χ0) is 16.9. The van der Waals surface area contributed by atoms with E-state index in [1.807, 2.05) is 30.3 Å². The van der Waals surface area contributed by atoms with Gasteiger partial charge in [0.15, 0.2) is 0 Å². The molecule has 2 N–H and O–H groups in total. The van der Waals surface area contributed by atoms with E-state index in [1.54, 1.807) is 12.1 Å². The SMILES string of the molecule is C[C@@H]1CN(Cc2cccc(NC(=O)c3ccccc3Cl)c2)CCN1. The maximum Gasteiger partial charge on any atom is 0.257 e. The maximum absolute atomic E-state index is 12.4. The van der Waals surface area contributed by atoms with Crippen molar-refractivity contribution in [1.82, 2.24) is 10.2 Å². The fourth-order valence-electron chi connectivity index (χ4n) is 3.01. The number of benzene rings is 2. The lowest BCUT2D eigenvalue weighted by Crippen LogP contribution is -2.48. The minimum absolute atomic E-state index is 0.187. The Kier molecular flexibility index (Phi) is 5.51. The number of nitrogens with one attached hydrogen (secondary N) is 2. The predicted molar refractivity (Wildman–Crippen MR) is 98.6 cm³/mol. The van der Waals surface area contributed by atoms with Gasteiger partial charge in [-0.05, 0) is 36.8 Å². The number of anilines is 1. The van der Waals surface area contributed by atoms with Gasteiger partial charge in [-0.25, -0.2) is 0 Å². The van der Waals surface area contributed by atoms with Crippen molar-refractivity contribution in [3.05, 3.63) is 64.7 Å². The van der Waals surface area contributed by atoms with Crippen LogP contribution >= 0.6 is 11.6 Å². The second kappa shape index (κ2) is 7.79. The summed E-state index contributed by atoms with van der Waals surface area (Å²) in [5.41, 5.74) is 2.47. The van der Waals surface area contributed by atoms with Crippen molar-refractivity contribution < 1.29 is 4.79 Å². The van der Waals surface area contributed by atoms with Gasteiger partial charge in [-0.2, -0.15) is 0 Å². The lowest BCUT2D eigenvalue weighted by atomic mass is 10.1. The molecule has 1 aliphatic rings. The number of hydrogen-bond acceptors (Lipinski definition) is 3. The molecule has 126 valence electrons. The first-order valence-corrected chi connectivity index (χ1v) is 8.60. The molecule has 0 spiro atoms. The molecule has 5 heteroatoms. The first-order chi connectivity index (χ1) is 11.6. The van der Waals surface area contributed by atoms with E-state index in [4.69, 9.17) is 11.6 Å². The van der Waals surface area contributed by atoms with Gasteiger partial charge in [0, 0.05) is 37.9 Å². The molecule has 1 heterocycles. The standard InChI is InChI=1S/C19H22ClN3O/c1-14-12-23(10-9-21-14)13-15-5-4-6-16(11-15)22-19(24)17-7-2-3-8-18(17)20/h2-8,11,14,21H,9-10,12-13H2,1H3,(H,22,24)/t14-/m1/s1. The largest absolute Gasteiger partial charge is 0.322 e. The minimum atomic E-state index is -0.187. The summed E-state index contributed by atoms with van der Waals surface area (Å²) in [4.78, 5) is 14.8. The molecule has 0 radical (unpaired) electrons. The van der Waals surface area contributed by atoms with Gasteiger partial charge >= 0.3 is 0 Å². The third kappa shape index (κ3) is 4.35. The van der Waals surface area contributed by atoms with E-state index in [0.717, 1.165) is 31.9 Å². The molecule has 2 aromatic rings. The second-order valence-corrected chi connectivity index (χ2v) is 6.63. The van der Waals surface area contributed by atoms with Gasteiger partial charge in [0.2, 0.25) is 0 Å². The van der Waals surface area contributed by atoms with Crippen LogP contribution in [0.3, 0.4) is 0 Å². The van der Waals surface area contributed by atoms with Crippen LogP contribution < -0.4 is 10.6 Å². The summed E-state index contributed by atoms with van der Waals surface area (Å²) in [5, 5.41) is 6.84. The average Bonchev–Trinajstić information content (AvgIpc) is 2.55. The molecule has 0 aliphatic carbocycles. The molecule has 3 rings (SSSR count). The molecule has 0 saturated carbocycles. The quantitative estimate of drug-likeness (QED) is 0.894. The summed E-state index contributed by atoms with van der Waals surface area (Å²) in [6, 6.07) is 15.6. The van der Waals surface area contributed by atoms with Crippen molar-refractivity contribution in [2.45, 2.75) is 19.5 Å². The molecule has 0 bridgehead atoms. The Hall–Kier alpha value is -1.88. The summed E-state index contributed by atoms with van der Waals surface area (Å²) >= 11 is 6.09. The molecule has 0 aromatic heterocycles. The highest BCUT2D eigenvalue weighted by Crippen LogP contribution is 2.18. The maximum atomic E-state index is 12.4. The van der Waals surface area contributed by atoms with E-state index in [2.05, 4.69) is 28.5 Å². The fraction of sp³-hybridized carbons (Fsp3) is 0.316. The average molecular weight is 344 g/mol. The Morgan fingerprint density at radius 1 is 1.29 bits per heavy atom. The highest BCUT2D eigenvalue weighted by molar-refractivity contribution is 6.34. The number of hydrogen-bond donors (Lipinski definition) is 2. The molecule has 0 unspecified atom stereocenters. The first kappa shape index (κ1) is 17.0. The molecule has 1 aliphatic heterocycles. The molecule has 1 atom stereocenters. The van der Waals surface area contributed by atoms with Gasteiger partial charge < -0.3 is 10.6 Å². The Balaban J connectivity index is 1.67. The van der Waals surface area contributed by atoms with Crippen molar-refractivity contribution in [3.63, 3.8) is 0 Å². The van der Waals surface area contributed by atoms with Crippen molar-refractivity contribution in [2.75, 3.05) is 25.0 Å². The number of carbonyl (C=O) groups excluding carboxylic acids is 1. The van der Waals surface area contributed by atoms with E-state index in [0.29, 0.717) is 16.6 Å². The number of nitrogens with zero attached hydrogens (tertiary/aromatic N) is 1. The fourth-order valence-corrected chi connectivity index (χ4v) is 3.23. The van der Waals surface area contributed by atoms with Crippen LogP contribution in [0.4, 0.5) is 5.69 Å². The van der Waals surface area contributed by atoms with Gasteiger partial charge in [0.25, 0.3) is 5.91 Å². The van der Waals surface area contributed by atoms with E-state index >= 15 is 0 Å².